The SMILES string of the molecule is CCC(C)N1CCNC(CCO)C1. The van der Waals surface area contributed by atoms with E-state index in [1.807, 2.05) is 0 Å². The summed E-state index contributed by atoms with van der Waals surface area (Å²) in [6, 6.07) is 1.18. The summed E-state index contributed by atoms with van der Waals surface area (Å²) in [5.74, 6) is 0. The Balaban J connectivity index is 2.32. The minimum atomic E-state index is 0.298. The smallest absolute Gasteiger partial charge is 0.0446 e. The topological polar surface area (TPSA) is 35.5 Å². The second-order valence-electron chi connectivity index (χ2n) is 3.92. The van der Waals surface area contributed by atoms with Gasteiger partial charge in [0.05, 0.1) is 0 Å². The van der Waals surface area contributed by atoms with Crippen molar-refractivity contribution >= 4 is 0 Å². The van der Waals surface area contributed by atoms with Crippen LogP contribution in [-0.4, -0.2) is 48.3 Å². The standard InChI is InChI=1S/C10H22N2O/c1-3-9(2)12-6-5-11-10(8-12)4-7-13/h9-11,13H,3-8H2,1-2H3. The van der Waals surface area contributed by atoms with Crippen LogP contribution >= 0.6 is 0 Å². The van der Waals surface area contributed by atoms with Crippen molar-refractivity contribution in [2.75, 3.05) is 26.2 Å². The van der Waals surface area contributed by atoms with Crippen molar-refractivity contribution in [3.63, 3.8) is 0 Å². The Morgan fingerprint density at radius 3 is 3.00 bits per heavy atom. The molecule has 0 saturated carbocycles. The van der Waals surface area contributed by atoms with Gasteiger partial charge in [-0.1, -0.05) is 6.92 Å². The van der Waals surface area contributed by atoms with E-state index in [-0.39, 0.29) is 0 Å². The predicted molar refractivity (Wildman–Crippen MR) is 54.8 cm³/mol. The van der Waals surface area contributed by atoms with Crippen molar-refractivity contribution in [2.24, 2.45) is 0 Å². The van der Waals surface area contributed by atoms with Crippen LogP contribution in [0.3, 0.4) is 0 Å². The van der Waals surface area contributed by atoms with Crippen LogP contribution in [-0.2, 0) is 0 Å². The van der Waals surface area contributed by atoms with Crippen molar-refractivity contribution in [1.29, 1.82) is 0 Å². The zero-order valence-electron chi connectivity index (χ0n) is 8.79. The first-order chi connectivity index (χ1) is 6.27. The van der Waals surface area contributed by atoms with E-state index in [2.05, 4.69) is 24.1 Å². The van der Waals surface area contributed by atoms with E-state index in [1.54, 1.807) is 0 Å². The summed E-state index contributed by atoms with van der Waals surface area (Å²) >= 11 is 0. The Bertz CT molecular complexity index is 139. The molecule has 0 aliphatic carbocycles. The van der Waals surface area contributed by atoms with Crippen molar-refractivity contribution < 1.29 is 5.11 Å². The van der Waals surface area contributed by atoms with Gasteiger partial charge >= 0.3 is 0 Å². The third kappa shape index (κ3) is 3.25. The molecule has 0 bridgehead atoms. The van der Waals surface area contributed by atoms with Crippen LogP contribution in [0.25, 0.3) is 0 Å². The number of piperazine rings is 1. The minimum absolute atomic E-state index is 0.298. The fourth-order valence-electron chi connectivity index (χ4n) is 1.86. The molecule has 1 aliphatic heterocycles. The van der Waals surface area contributed by atoms with Gasteiger partial charge in [-0.05, 0) is 19.8 Å². The lowest BCUT2D eigenvalue weighted by molar-refractivity contribution is 0.134. The van der Waals surface area contributed by atoms with Crippen LogP contribution in [0.1, 0.15) is 26.7 Å². The van der Waals surface area contributed by atoms with Gasteiger partial charge in [-0.2, -0.15) is 0 Å². The predicted octanol–water partition coefficient (Wildman–Crippen LogP) is 0.441. The lowest BCUT2D eigenvalue weighted by atomic mass is 10.1. The number of nitrogens with one attached hydrogen (secondary N) is 1. The molecule has 1 rings (SSSR count). The first-order valence-electron chi connectivity index (χ1n) is 5.36. The van der Waals surface area contributed by atoms with Gasteiger partial charge in [-0.3, -0.25) is 4.90 Å². The molecule has 0 amide bonds. The molecule has 78 valence electrons. The first kappa shape index (κ1) is 11.0. The third-order valence-electron chi connectivity index (χ3n) is 2.98. The molecule has 0 aromatic heterocycles. The van der Waals surface area contributed by atoms with Crippen LogP contribution in [0.15, 0.2) is 0 Å². The highest BCUT2D eigenvalue weighted by molar-refractivity contribution is 4.80. The Hall–Kier alpha value is -0.120. The molecule has 1 saturated heterocycles. The summed E-state index contributed by atoms with van der Waals surface area (Å²) in [5, 5.41) is 12.3. The zero-order valence-corrected chi connectivity index (χ0v) is 8.79. The van der Waals surface area contributed by atoms with E-state index in [0.29, 0.717) is 18.7 Å². The van der Waals surface area contributed by atoms with E-state index in [9.17, 15) is 0 Å². The van der Waals surface area contributed by atoms with Crippen LogP contribution in [0.4, 0.5) is 0 Å². The molecule has 0 radical (unpaired) electrons. The Morgan fingerprint density at radius 1 is 1.62 bits per heavy atom. The van der Waals surface area contributed by atoms with Crippen molar-refractivity contribution in [2.45, 2.75) is 38.8 Å². The van der Waals surface area contributed by atoms with Gasteiger partial charge in [-0.15, -0.1) is 0 Å². The molecule has 2 atom stereocenters. The highest BCUT2D eigenvalue weighted by Crippen LogP contribution is 2.08. The molecule has 2 N–H and O–H groups in total. The number of rotatable bonds is 4. The molecule has 3 heteroatoms. The maximum atomic E-state index is 8.84. The maximum Gasteiger partial charge on any atom is 0.0446 e. The van der Waals surface area contributed by atoms with E-state index in [0.717, 1.165) is 26.1 Å². The van der Waals surface area contributed by atoms with Gasteiger partial charge in [0.2, 0.25) is 0 Å². The average Bonchev–Trinajstić information content (AvgIpc) is 2.18. The maximum absolute atomic E-state index is 8.84. The Morgan fingerprint density at radius 2 is 2.38 bits per heavy atom. The number of hydrogen-bond acceptors (Lipinski definition) is 3. The minimum Gasteiger partial charge on any atom is -0.396 e. The van der Waals surface area contributed by atoms with Gasteiger partial charge in [0.25, 0.3) is 0 Å². The summed E-state index contributed by atoms with van der Waals surface area (Å²) in [5.41, 5.74) is 0. The van der Waals surface area contributed by atoms with E-state index >= 15 is 0 Å². The Kier molecular flexibility index (Phi) is 4.70. The fraction of sp³-hybridized carbons (Fsp3) is 1.00. The fourth-order valence-corrected chi connectivity index (χ4v) is 1.86. The average molecular weight is 186 g/mol. The molecule has 1 fully saturated rings. The zero-order chi connectivity index (χ0) is 9.68. The Labute approximate surface area is 81.1 Å². The van der Waals surface area contributed by atoms with Gasteiger partial charge < -0.3 is 10.4 Å². The number of hydrogen-bond donors (Lipinski definition) is 2. The number of nitrogens with zero attached hydrogens (tertiary/aromatic N) is 1. The molecule has 0 aromatic rings. The highest BCUT2D eigenvalue weighted by atomic mass is 16.3. The van der Waals surface area contributed by atoms with Crippen LogP contribution < -0.4 is 5.32 Å². The van der Waals surface area contributed by atoms with E-state index in [1.165, 1.54) is 6.42 Å². The highest BCUT2D eigenvalue weighted by Gasteiger charge is 2.21. The molecule has 0 spiro atoms. The molecular weight excluding hydrogens is 164 g/mol. The molecule has 0 aromatic carbocycles. The van der Waals surface area contributed by atoms with E-state index in [4.69, 9.17) is 5.11 Å². The lowest BCUT2D eigenvalue weighted by Gasteiger charge is -2.37. The monoisotopic (exact) mass is 186 g/mol. The van der Waals surface area contributed by atoms with E-state index < -0.39 is 0 Å². The molecule has 2 unspecified atom stereocenters. The summed E-state index contributed by atoms with van der Waals surface area (Å²) in [4.78, 5) is 2.51. The van der Waals surface area contributed by atoms with Gasteiger partial charge in [0.1, 0.15) is 0 Å². The summed E-state index contributed by atoms with van der Waals surface area (Å²) < 4.78 is 0. The normalized spacial score (nSPS) is 27.5. The molecule has 13 heavy (non-hydrogen) atoms. The van der Waals surface area contributed by atoms with Gasteiger partial charge in [0.15, 0.2) is 0 Å². The number of aliphatic hydroxyl groups is 1. The molecule has 1 heterocycles. The second-order valence-corrected chi connectivity index (χ2v) is 3.92. The second kappa shape index (κ2) is 5.58. The summed E-state index contributed by atoms with van der Waals surface area (Å²) in [7, 11) is 0. The molecule has 1 aliphatic rings. The van der Waals surface area contributed by atoms with Crippen LogP contribution in [0, 0.1) is 0 Å². The quantitative estimate of drug-likeness (QED) is 0.669. The third-order valence-corrected chi connectivity index (χ3v) is 2.98. The van der Waals surface area contributed by atoms with Crippen molar-refractivity contribution in [3.05, 3.63) is 0 Å². The van der Waals surface area contributed by atoms with Gasteiger partial charge in [0, 0.05) is 38.3 Å². The molecular formula is C10H22N2O. The van der Waals surface area contributed by atoms with Crippen molar-refractivity contribution in [1.82, 2.24) is 10.2 Å². The van der Waals surface area contributed by atoms with Crippen LogP contribution in [0.2, 0.25) is 0 Å². The van der Waals surface area contributed by atoms with Crippen LogP contribution in [0.5, 0.6) is 0 Å². The van der Waals surface area contributed by atoms with Gasteiger partial charge in [-0.25, -0.2) is 0 Å². The summed E-state index contributed by atoms with van der Waals surface area (Å²) in [6.45, 7) is 8.11. The largest absolute Gasteiger partial charge is 0.396 e. The summed E-state index contributed by atoms with van der Waals surface area (Å²) in [6.07, 6.45) is 2.10. The lowest BCUT2D eigenvalue weighted by Crippen LogP contribution is -2.53. The number of aliphatic hydroxyl groups excluding tert-OH is 1. The molecule has 3 nitrogen and oxygen atoms in total. The first-order valence-corrected chi connectivity index (χ1v) is 5.36. The van der Waals surface area contributed by atoms with Crippen molar-refractivity contribution in [3.8, 4) is 0 Å².